The van der Waals surface area contributed by atoms with E-state index in [2.05, 4.69) is 0 Å². The Morgan fingerprint density at radius 1 is 0.917 bits per heavy atom. The predicted molar refractivity (Wildman–Crippen MR) is 91.5 cm³/mol. The summed E-state index contributed by atoms with van der Waals surface area (Å²) < 4.78 is 41.5. The number of benzene rings is 2. The summed E-state index contributed by atoms with van der Waals surface area (Å²) in [6.45, 7) is -0.0724. The molecule has 24 heavy (non-hydrogen) atoms. The van der Waals surface area contributed by atoms with Crippen molar-refractivity contribution in [3.05, 3.63) is 48.0 Å². The standard InChI is InChI=1S/C17H21NO5S/c1-21-12-4-7-14(8-5-12)24(19,20)17(11-18)15-9-6-13(22-2)10-16(15)23-3/h4-10,17H,11,18H2,1-3H3/t17-/m1/s1. The minimum absolute atomic E-state index is 0.0724. The molecular weight excluding hydrogens is 330 g/mol. The highest BCUT2D eigenvalue weighted by molar-refractivity contribution is 7.91. The first kappa shape index (κ1) is 18.1. The van der Waals surface area contributed by atoms with Crippen LogP contribution in [0.3, 0.4) is 0 Å². The fraction of sp³-hybridized carbons (Fsp3) is 0.294. The molecule has 6 nitrogen and oxygen atoms in total. The summed E-state index contributed by atoms with van der Waals surface area (Å²) in [4.78, 5) is 0.177. The lowest BCUT2D eigenvalue weighted by Gasteiger charge is -2.19. The zero-order chi connectivity index (χ0) is 17.7. The molecule has 0 heterocycles. The van der Waals surface area contributed by atoms with Crippen LogP contribution in [0.4, 0.5) is 0 Å². The Hall–Kier alpha value is -2.25. The Kier molecular flexibility index (Phi) is 5.69. The first-order valence-electron chi connectivity index (χ1n) is 7.27. The van der Waals surface area contributed by atoms with Gasteiger partial charge in [-0.05, 0) is 30.3 Å². The molecule has 7 heteroatoms. The molecule has 2 aromatic rings. The largest absolute Gasteiger partial charge is 0.497 e. The van der Waals surface area contributed by atoms with Crippen molar-refractivity contribution in [2.24, 2.45) is 5.73 Å². The molecule has 0 amide bonds. The van der Waals surface area contributed by atoms with Crippen LogP contribution >= 0.6 is 0 Å². The van der Waals surface area contributed by atoms with Crippen LogP contribution in [0.5, 0.6) is 17.2 Å². The molecule has 0 saturated carbocycles. The molecule has 0 radical (unpaired) electrons. The predicted octanol–water partition coefficient (Wildman–Crippen LogP) is 2.19. The van der Waals surface area contributed by atoms with Crippen molar-refractivity contribution < 1.29 is 22.6 Å². The van der Waals surface area contributed by atoms with Gasteiger partial charge in [0.1, 0.15) is 22.5 Å². The van der Waals surface area contributed by atoms with E-state index < -0.39 is 15.1 Å². The fourth-order valence-corrected chi connectivity index (χ4v) is 4.06. The molecule has 0 aromatic heterocycles. The van der Waals surface area contributed by atoms with Gasteiger partial charge in [-0.1, -0.05) is 6.07 Å². The molecule has 0 fully saturated rings. The third-order valence-electron chi connectivity index (χ3n) is 3.76. The van der Waals surface area contributed by atoms with Gasteiger partial charge in [-0.25, -0.2) is 8.42 Å². The van der Waals surface area contributed by atoms with Gasteiger partial charge in [-0.3, -0.25) is 0 Å². The van der Waals surface area contributed by atoms with Gasteiger partial charge in [0.25, 0.3) is 0 Å². The molecule has 1 atom stereocenters. The molecule has 130 valence electrons. The lowest BCUT2D eigenvalue weighted by Crippen LogP contribution is -2.22. The van der Waals surface area contributed by atoms with E-state index in [-0.39, 0.29) is 11.4 Å². The number of ether oxygens (including phenoxy) is 3. The van der Waals surface area contributed by atoms with Crippen LogP contribution in [0.25, 0.3) is 0 Å². The van der Waals surface area contributed by atoms with E-state index in [9.17, 15) is 8.42 Å². The van der Waals surface area contributed by atoms with Crippen molar-refractivity contribution in [2.45, 2.75) is 10.1 Å². The Labute approximate surface area is 142 Å². The van der Waals surface area contributed by atoms with E-state index in [4.69, 9.17) is 19.9 Å². The van der Waals surface area contributed by atoms with Gasteiger partial charge < -0.3 is 19.9 Å². The molecule has 2 N–H and O–H groups in total. The minimum atomic E-state index is -3.68. The highest BCUT2D eigenvalue weighted by Crippen LogP contribution is 2.36. The number of nitrogens with two attached hydrogens (primary N) is 1. The maximum atomic E-state index is 13.0. The summed E-state index contributed by atoms with van der Waals surface area (Å²) in [6, 6.07) is 11.2. The van der Waals surface area contributed by atoms with Crippen LogP contribution in [0.2, 0.25) is 0 Å². The molecule has 0 aliphatic heterocycles. The van der Waals surface area contributed by atoms with Crippen molar-refractivity contribution in [3.63, 3.8) is 0 Å². The summed E-state index contributed by atoms with van der Waals surface area (Å²) in [6.07, 6.45) is 0. The van der Waals surface area contributed by atoms with Gasteiger partial charge in [0.05, 0.1) is 26.2 Å². The number of hydrogen-bond donors (Lipinski definition) is 1. The minimum Gasteiger partial charge on any atom is -0.497 e. The van der Waals surface area contributed by atoms with Crippen molar-refractivity contribution in [2.75, 3.05) is 27.9 Å². The third kappa shape index (κ3) is 3.47. The highest BCUT2D eigenvalue weighted by Gasteiger charge is 2.30. The monoisotopic (exact) mass is 351 g/mol. The van der Waals surface area contributed by atoms with Crippen LogP contribution < -0.4 is 19.9 Å². The Balaban J connectivity index is 2.49. The second-order valence-corrected chi connectivity index (χ2v) is 7.18. The molecule has 2 rings (SSSR count). The number of methoxy groups -OCH3 is 3. The van der Waals surface area contributed by atoms with E-state index >= 15 is 0 Å². The average Bonchev–Trinajstić information content (AvgIpc) is 2.62. The average molecular weight is 351 g/mol. The number of hydrogen-bond acceptors (Lipinski definition) is 6. The normalized spacial score (nSPS) is 12.5. The molecular formula is C17H21NO5S. The summed E-state index contributed by atoms with van der Waals surface area (Å²) in [7, 11) is 0.848. The zero-order valence-corrected chi connectivity index (χ0v) is 14.7. The summed E-state index contributed by atoms with van der Waals surface area (Å²) in [5, 5.41) is -0.924. The SMILES string of the molecule is COc1ccc(S(=O)(=O)[C@H](CN)c2ccc(OC)cc2OC)cc1. The summed E-state index contributed by atoms with van der Waals surface area (Å²) in [5.41, 5.74) is 6.28. The topological polar surface area (TPSA) is 87.9 Å². The van der Waals surface area contributed by atoms with Gasteiger partial charge >= 0.3 is 0 Å². The maximum absolute atomic E-state index is 13.0. The first-order chi connectivity index (χ1) is 11.5. The van der Waals surface area contributed by atoms with E-state index in [1.54, 1.807) is 30.3 Å². The van der Waals surface area contributed by atoms with E-state index in [1.807, 2.05) is 0 Å². The summed E-state index contributed by atoms with van der Waals surface area (Å²) in [5.74, 6) is 1.58. The van der Waals surface area contributed by atoms with Crippen LogP contribution in [0.15, 0.2) is 47.4 Å². The lowest BCUT2D eigenvalue weighted by molar-refractivity contribution is 0.390. The number of sulfone groups is 1. The van der Waals surface area contributed by atoms with E-state index in [1.165, 1.54) is 33.5 Å². The van der Waals surface area contributed by atoms with Crippen LogP contribution in [0, 0.1) is 0 Å². The second-order valence-electron chi connectivity index (χ2n) is 5.05. The Morgan fingerprint density at radius 2 is 1.50 bits per heavy atom. The highest BCUT2D eigenvalue weighted by atomic mass is 32.2. The van der Waals surface area contributed by atoms with Crippen LogP contribution in [-0.2, 0) is 9.84 Å². The van der Waals surface area contributed by atoms with Gasteiger partial charge in [-0.15, -0.1) is 0 Å². The third-order valence-corrected chi connectivity index (χ3v) is 5.89. The zero-order valence-electron chi connectivity index (χ0n) is 13.9. The fourth-order valence-electron chi connectivity index (χ4n) is 2.43. The van der Waals surface area contributed by atoms with Crippen molar-refractivity contribution in [1.82, 2.24) is 0 Å². The molecule has 0 aliphatic rings. The van der Waals surface area contributed by atoms with Crippen LogP contribution in [-0.4, -0.2) is 36.3 Å². The molecule has 0 spiro atoms. The van der Waals surface area contributed by atoms with Gasteiger partial charge in [-0.2, -0.15) is 0 Å². The van der Waals surface area contributed by atoms with E-state index in [0.29, 0.717) is 22.8 Å². The molecule has 2 aromatic carbocycles. The quantitative estimate of drug-likeness (QED) is 0.823. The van der Waals surface area contributed by atoms with Crippen molar-refractivity contribution in [3.8, 4) is 17.2 Å². The molecule has 0 bridgehead atoms. The maximum Gasteiger partial charge on any atom is 0.186 e. The van der Waals surface area contributed by atoms with Crippen molar-refractivity contribution in [1.29, 1.82) is 0 Å². The molecule has 0 saturated heterocycles. The van der Waals surface area contributed by atoms with Gasteiger partial charge in [0.15, 0.2) is 9.84 Å². The number of rotatable bonds is 7. The van der Waals surface area contributed by atoms with Crippen LogP contribution in [0.1, 0.15) is 10.8 Å². The van der Waals surface area contributed by atoms with Crippen molar-refractivity contribution >= 4 is 9.84 Å². The lowest BCUT2D eigenvalue weighted by atomic mass is 10.1. The Morgan fingerprint density at radius 3 is 2.00 bits per heavy atom. The van der Waals surface area contributed by atoms with Gasteiger partial charge in [0, 0.05) is 18.2 Å². The van der Waals surface area contributed by atoms with E-state index in [0.717, 1.165) is 0 Å². The van der Waals surface area contributed by atoms with Gasteiger partial charge in [0.2, 0.25) is 0 Å². The molecule has 0 aliphatic carbocycles. The molecule has 0 unspecified atom stereocenters. The smallest absolute Gasteiger partial charge is 0.186 e. The first-order valence-corrected chi connectivity index (χ1v) is 8.82. The Bertz CT molecular complexity index is 787. The second kappa shape index (κ2) is 7.55. The summed E-state index contributed by atoms with van der Waals surface area (Å²) >= 11 is 0.